The van der Waals surface area contributed by atoms with Crippen molar-refractivity contribution in [2.75, 3.05) is 6.54 Å². The first kappa shape index (κ1) is 16.7. The summed E-state index contributed by atoms with van der Waals surface area (Å²) in [7, 11) is 0. The summed E-state index contributed by atoms with van der Waals surface area (Å²) in [5.74, 6) is 0.707. The number of hydrogen-bond donors (Lipinski definition) is 0. The van der Waals surface area contributed by atoms with E-state index in [1.807, 2.05) is 25.3 Å². The molecule has 0 spiro atoms. The molecule has 0 N–H and O–H groups in total. The van der Waals surface area contributed by atoms with Gasteiger partial charge in [0.05, 0.1) is 6.54 Å². The molecule has 0 bridgehead atoms. The fraction of sp³-hybridized carbons (Fsp3) is 0.750. The van der Waals surface area contributed by atoms with Crippen molar-refractivity contribution in [3.05, 3.63) is 12.2 Å². The third-order valence-corrected chi connectivity index (χ3v) is 4.27. The molecule has 0 saturated heterocycles. The van der Waals surface area contributed by atoms with E-state index in [1.54, 1.807) is 23.1 Å². The zero-order valence-electron chi connectivity index (χ0n) is 14.7. The zero-order valence-corrected chi connectivity index (χ0v) is 14.7. The van der Waals surface area contributed by atoms with Gasteiger partial charge in [0.2, 0.25) is 5.91 Å². The van der Waals surface area contributed by atoms with Gasteiger partial charge in [0.1, 0.15) is 18.0 Å². The van der Waals surface area contributed by atoms with Crippen LogP contribution in [-0.4, -0.2) is 60.8 Å². The molecule has 0 radical (unpaired) electrons. The quantitative estimate of drug-likeness (QED) is 0.834. The zero-order chi connectivity index (χ0) is 17.5. The second kappa shape index (κ2) is 6.07. The van der Waals surface area contributed by atoms with Crippen LogP contribution in [0.3, 0.4) is 0 Å². The van der Waals surface area contributed by atoms with Gasteiger partial charge in [-0.25, -0.2) is 4.79 Å². The molecule has 1 aromatic heterocycles. The Hall–Kier alpha value is -2.12. The fourth-order valence-corrected chi connectivity index (χ4v) is 2.93. The summed E-state index contributed by atoms with van der Waals surface area (Å²) >= 11 is 0. The molecule has 1 aliphatic carbocycles. The van der Waals surface area contributed by atoms with Crippen molar-refractivity contribution < 1.29 is 14.3 Å². The lowest BCUT2D eigenvalue weighted by Crippen LogP contribution is -2.52. The highest BCUT2D eigenvalue weighted by Gasteiger charge is 2.42. The Morgan fingerprint density at radius 1 is 1.33 bits per heavy atom. The van der Waals surface area contributed by atoms with Gasteiger partial charge in [0, 0.05) is 19.1 Å². The van der Waals surface area contributed by atoms with Crippen molar-refractivity contribution in [2.45, 2.75) is 71.3 Å². The second-order valence-electron chi connectivity index (χ2n) is 7.50. The van der Waals surface area contributed by atoms with Crippen molar-refractivity contribution in [1.82, 2.24) is 24.6 Å². The van der Waals surface area contributed by atoms with Crippen LogP contribution in [0.15, 0.2) is 6.33 Å². The van der Waals surface area contributed by atoms with Gasteiger partial charge < -0.3 is 14.2 Å². The van der Waals surface area contributed by atoms with Crippen LogP contribution in [0.5, 0.6) is 0 Å². The Balaban J connectivity index is 1.70. The molecule has 2 aliphatic rings. The van der Waals surface area contributed by atoms with Gasteiger partial charge in [-0.05, 0) is 40.5 Å². The van der Waals surface area contributed by atoms with Crippen molar-refractivity contribution in [2.24, 2.45) is 0 Å². The van der Waals surface area contributed by atoms with Crippen LogP contribution in [0.25, 0.3) is 0 Å². The normalized spacial score (nSPS) is 18.8. The van der Waals surface area contributed by atoms with Crippen LogP contribution in [0.1, 0.15) is 46.4 Å². The molecular weight excluding hydrogens is 310 g/mol. The van der Waals surface area contributed by atoms with Crippen molar-refractivity contribution >= 4 is 12.0 Å². The highest BCUT2D eigenvalue weighted by Crippen LogP contribution is 2.31. The lowest BCUT2D eigenvalue weighted by atomic mass is 10.2. The van der Waals surface area contributed by atoms with Gasteiger partial charge in [-0.3, -0.25) is 9.69 Å². The predicted molar refractivity (Wildman–Crippen MR) is 86.0 cm³/mol. The molecule has 1 fully saturated rings. The van der Waals surface area contributed by atoms with Gasteiger partial charge in [-0.15, -0.1) is 10.2 Å². The summed E-state index contributed by atoms with van der Waals surface area (Å²) in [6, 6.07) is -0.436. The number of nitrogens with zero attached hydrogens (tertiary/aromatic N) is 5. The monoisotopic (exact) mass is 335 g/mol. The molecule has 1 aromatic rings. The summed E-state index contributed by atoms with van der Waals surface area (Å²) < 4.78 is 7.44. The first-order valence-corrected chi connectivity index (χ1v) is 8.43. The Kier molecular flexibility index (Phi) is 4.23. The third-order valence-electron chi connectivity index (χ3n) is 4.27. The van der Waals surface area contributed by atoms with E-state index >= 15 is 0 Å². The predicted octanol–water partition coefficient (Wildman–Crippen LogP) is 1.41. The molecule has 1 atom stereocenters. The molecule has 1 saturated carbocycles. The van der Waals surface area contributed by atoms with Crippen LogP contribution in [-0.2, 0) is 22.6 Å². The molecular formula is C16H25N5O3. The molecule has 0 aromatic carbocycles. The standard InChI is InChI=1S/C16H25N5O3/c1-11(21(12-5-6-12)15(23)24-16(2,3)4)14(22)19-7-8-20-10-17-18-13(20)9-19/h10-12H,5-9H2,1-4H3/t11-/m1/s1. The Bertz CT molecular complexity index is 632. The summed E-state index contributed by atoms with van der Waals surface area (Å²) in [6.45, 7) is 8.98. The van der Waals surface area contributed by atoms with Crippen LogP contribution in [0.4, 0.5) is 4.79 Å². The van der Waals surface area contributed by atoms with E-state index in [4.69, 9.17) is 4.74 Å². The van der Waals surface area contributed by atoms with Crippen LogP contribution in [0.2, 0.25) is 0 Å². The van der Waals surface area contributed by atoms with Crippen molar-refractivity contribution in [3.63, 3.8) is 0 Å². The van der Waals surface area contributed by atoms with E-state index in [2.05, 4.69) is 10.2 Å². The lowest BCUT2D eigenvalue weighted by molar-refractivity contribution is -0.138. The first-order valence-electron chi connectivity index (χ1n) is 8.43. The minimum absolute atomic E-state index is 0.0676. The molecule has 2 amide bonds. The second-order valence-corrected chi connectivity index (χ2v) is 7.50. The number of ether oxygens (including phenoxy) is 1. The third kappa shape index (κ3) is 3.52. The van der Waals surface area contributed by atoms with Crippen LogP contribution in [0, 0.1) is 0 Å². The molecule has 0 unspecified atom stereocenters. The average Bonchev–Trinajstić information content (AvgIpc) is 3.20. The minimum Gasteiger partial charge on any atom is -0.444 e. The number of amides is 2. The van der Waals surface area contributed by atoms with Crippen LogP contribution < -0.4 is 0 Å². The van der Waals surface area contributed by atoms with Crippen molar-refractivity contribution in [1.29, 1.82) is 0 Å². The lowest BCUT2D eigenvalue weighted by Gasteiger charge is -2.35. The van der Waals surface area contributed by atoms with Crippen molar-refractivity contribution in [3.8, 4) is 0 Å². The van der Waals surface area contributed by atoms with Gasteiger partial charge in [-0.2, -0.15) is 0 Å². The maximum atomic E-state index is 12.9. The van der Waals surface area contributed by atoms with Gasteiger partial charge in [-0.1, -0.05) is 0 Å². The average molecular weight is 335 g/mol. The van der Waals surface area contributed by atoms with E-state index in [-0.39, 0.29) is 11.9 Å². The fourth-order valence-electron chi connectivity index (χ4n) is 2.93. The molecule has 2 heterocycles. The van der Waals surface area contributed by atoms with E-state index in [0.29, 0.717) is 19.6 Å². The Morgan fingerprint density at radius 3 is 2.67 bits per heavy atom. The minimum atomic E-state index is -0.575. The van der Waals surface area contributed by atoms with E-state index in [0.717, 1.165) is 18.7 Å². The van der Waals surface area contributed by atoms with Gasteiger partial charge in [0.15, 0.2) is 5.82 Å². The van der Waals surface area contributed by atoms with Gasteiger partial charge >= 0.3 is 6.09 Å². The number of aromatic nitrogens is 3. The smallest absolute Gasteiger partial charge is 0.411 e. The highest BCUT2D eigenvalue weighted by atomic mass is 16.6. The molecule has 8 nitrogen and oxygen atoms in total. The number of rotatable bonds is 3. The van der Waals surface area contributed by atoms with E-state index in [9.17, 15) is 9.59 Å². The summed E-state index contributed by atoms with van der Waals surface area (Å²) in [5, 5.41) is 7.91. The maximum Gasteiger partial charge on any atom is 0.411 e. The summed E-state index contributed by atoms with van der Waals surface area (Å²) in [5.41, 5.74) is -0.575. The number of hydrogen-bond acceptors (Lipinski definition) is 5. The SMILES string of the molecule is C[C@H](C(=O)N1CCn2cnnc2C1)N(C(=O)OC(C)(C)C)C1CC1. The van der Waals surface area contributed by atoms with E-state index < -0.39 is 17.7 Å². The van der Waals surface area contributed by atoms with Gasteiger partial charge in [0.25, 0.3) is 0 Å². The van der Waals surface area contributed by atoms with E-state index in [1.165, 1.54) is 0 Å². The number of carbonyl (C=O) groups is 2. The number of carbonyl (C=O) groups excluding carboxylic acids is 2. The topological polar surface area (TPSA) is 80.6 Å². The Morgan fingerprint density at radius 2 is 2.04 bits per heavy atom. The number of fused-ring (bicyclic) bond motifs is 1. The van der Waals surface area contributed by atoms with Crippen LogP contribution >= 0.6 is 0 Å². The Labute approximate surface area is 141 Å². The molecule has 132 valence electrons. The molecule has 24 heavy (non-hydrogen) atoms. The molecule has 1 aliphatic heterocycles. The largest absolute Gasteiger partial charge is 0.444 e. The molecule has 3 rings (SSSR count). The summed E-state index contributed by atoms with van der Waals surface area (Å²) in [6.07, 6.45) is 3.11. The molecule has 8 heteroatoms. The first-order chi connectivity index (χ1) is 11.3. The highest BCUT2D eigenvalue weighted by molar-refractivity contribution is 5.85. The maximum absolute atomic E-state index is 12.9. The summed E-state index contributed by atoms with van der Waals surface area (Å²) in [4.78, 5) is 28.8.